The lowest BCUT2D eigenvalue weighted by Crippen LogP contribution is -2.43. The highest BCUT2D eigenvalue weighted by Crippen LogP contribution is 2.25. The van der Waals surface area contributed by atoms with E-state index in [0.29, 0.717) is 13.1 Å². The van der Waals surface area contributed by atoms with E-state index >= 15 is 0 Å². The summed E-state index contributed by atoms with van der Waals surface area (Å²) in [6.07, 6.45) is 2.11. The Morgan fingerprint density at radius 3 is 2.65 bits per heavy atom. The molecular weight excluding hydrogens is 218 g/mol. The van der Waals surface area contributed by atoms with Gasteiger partial charge in [-0.15, -0.1) is 0 Å². The smallest absolute Gasteiger partial charge is 0.317 e. The monoisotopic (exact) mass is 243 g/mol. The first-order valence-corrected chi connectivity index (χ1v) is 6.45. The molecule has 2 amide bonds. The molecule has 0 aromatic heterocycles. The molecule has 0 aromatic rings. The van der Waals surface area contributed by atoms with Gasteiger partial charge in [0, 0.05) is 32.7 Å². The van der Waals surface area contributed by atoms with Gasteiger partial charge >= 0.3 is 6.03 Å². The summed E-state index contributed by atoms with van der Waals surface area (Å²) in [6.45, 7) is 6.83. The molecule has 5 heteroatoms. The highest BCUT2D eigenvalue weighted by atomic mass is 16.3. The molecule has 1 aliphatic rings. The lowest BCUT2D eigenvalue weighted by atomic mass is 10.4. The number of nitrogens with zero attached hydrogens (tertiary/aromatic N) is 2. The maximum Gasteiger partial charge on any atom is 0.317 e. The standard InChI is InChI=1S/C12H25N3O2/c1-4-15(11-5-6-11)8-7-13-12(17)14(3)9-10(2)16/h10-11,16H,4-9H2,1-3H3,(H,13,17). The van der Waals surface area contributed by atoms with Crippen molar-refractivity contribution < 1.29 is 9.90 Å². The van der Waals surface area contributed by atoms with Crippen molar-refractivity contribution >= 4 is 6.03 Å². The van der Waals surface area contributed by atoms with E-state index in [0.717, 1.165) is 19.1 Å². The van der Waals surface area contributed by atoms with Crippen molar-refractivity contribution in [2.45, 2.75) is 38.8 Å². The van der Waals surface area contributed by atoms with Crippen molar-refractivity contribution in [3.05, 3.63) is 0 Å². The Bertz CT molecular complexity index is 242. The van der Waals surface area contributed by atoms with Gasteiger partial charge in [0.15, 0.2) is 0 Å². The topological polar surface area (TPSA) is 55.8 Å². The van der Waals surface area contributed by atoms with Crippen LogP contribution in [-0.2, 0) is 0 Å². The van der Waals surface area contributed by atoms with E-state index in [1.165, 1.54) is 17.7 Å². The minimum absolute atomic E-state index is 0.113. The first-order valence-electron chi connectivity index (χ1n) is 6.45. The fraction of sp³-hybridized carbons (Fsp3) is 0.917. The molecule has 17 heavy (non-hydrogen) atoms. The number of carbonyl (C=O) groups is 1. The second kappa shape index (κ2) is 6.81. The number of hydrogen-bond donors (Lipinski definition) is 2. The van der Waals surface area contributed by atoms with Crippen LogP contribution < -0.4 is 5.32 Å². The first-order chi connectivity index (χ1) is 8.04. The summed E-state index contributed by atoms with van der Waals surface area (Å²) >= 11 is 0. The number of hydrogen-bond acceptors (Lipinski definition) is 3. The third kappa shape index (κ3) is 5.37. The lowest BCUT2D eigenvalue weighted by molar-refractivity contribution is 0.143. The van der Waals surface area contributed by atoms with E-state index in [-0.39, 0.29) is 6.03 Å². The summed E-state index contributed by atoms with van der Waals surface area (Å²) in [5.74, 6) is 0. The molecule has 5 nitrogen and oxygen atoms in total. The van der Waals surface area contributed by atoms with Crippen LogP contribution in [0.5, 0.6) is 0 Å². The Morgan fingerprint density at radius 2 is 2.18 bits per heavy atom. The molecule has 1 atom stereocenters. The molecular formula is C12H25N3O2. The molecule has 1 saturated carbocycles. The number of amides is 2. The van der Waals surface area contributed by atoms with Crippen LogP contribution in [0, 0.1) is 0 Å². The minimum Gasteiger partial charge on any atom is -0.392 e. The molecule has 0 heterocycles. The summed E-state index contributed by atoms with van der Waals surface area (Å²) in [5.41, 5.74) is 0. The van der Waals surface area contributed by atoms with E-state index in [2.05, 4.69) is 17.1 Å². The highest BCUT2D eigenvalue weighted by molar-refractivity contribution is 5.73. The zero-order chi connectivity index (χ0) is 12.8. The van der Waals surface area contributed by atoms with Crippen LogP contribution in [0.4, 0.5) is 4.79 Å². The van der Waals surface area contributed by atoms with Gasteiger partial charge in [0.25, 0.3) is 0 Å². The predicted molar refractivity (Wildman–Crippen MR) is 68.0 cm³/mol. The zero-order valence-electron chi connectivity index (χ0n) is 11.1. The third-order valence-electron chi connectivity index (χ3n) is 3.03. The Labute approximate surface area is 104 Å². The van der Waals surface area contributed by atoms with Crippen LogP contribution in [0.1, 0.15) is 26.7 Å². The molecule has 0 saturated heterocycles. The van der Waals surface area contributed by atoms with Gasteiger partial charge in [-0.25, -0.2) is 4.79 Å². The van der Waals surface area contributed by atoms with E-state index in [1.807, 2.05) is 0 Å². The summed E-state index contributed by atoms with van der Waals surface area (Å²) < 4.78 is 0. The minimum atomic E-state index is -0.482. The molecule has 0 aliphatic heterocycles. The molecule has 1 rings (SSSR count). The summed E-state index contributed by atoms with van der Waals surface area (Å²) in [4.78, 5) is 15.5. The summed E-state index contributed by atoms with van der Waals surface area (Å²) in [5, 5.41) is 12.0. The Balaban J connectivity index is 2.14. The van der Waals surface area contributed by atoms with Crippen molar-refractivity contribution in [3.8, 4) is 0 Å². The van der Waals surface area contributed by atoms with Crippen LogP contribution in [-0.4, -0.2) is 66.3 Å². The van der Waals surface area contributed by atoms with E-state index in [4.69, 9.17) is 0 Å². The molecule has 0 spiro atoms. The van der Waals surface area contributed by atoms with Crippen LogP contribution in [0.15, 0.2) is 0 Å². The largest absolute Gasteiger partial charge is 0.392 e. The lowest BCUT2D eigenvalue weighted by Gasteiger charge is -2.22. The van der Waals surface area contributed by atoms with Crippen molar-refractivity contribution in [3.63, 3.8) is 0 Å². The van der Waals surface area contributed by atoms with Gasteiger partial charge in [0.2, 0.25) is 0 Å². The van der Waals surface area contributed by atoms with Crippen molar-refractivity contribution in [1.29, 1.82) is 0 Å². The van der Waals surface area contributed by atoms with Gasteiger partial charge in [0.1, 0.15) is 0 Å². The van der Waals surface area contributed by atoms with Gasteiger partial charge in [0.05, 0.1) is 6.10 Å². The number of rotatable bonds is 7. The van der Waals surface area contributed by atoms with Crippen LogP contribution in [0.25, 0.3) is 0 Å². The quantitative estimate of drug-likeness (QED) is 0.684. The van der Waals surface area contributed by atoms with Gasteiger partial charge < -0.3 is 15.3 Å². The van der Waals surface area contributed by atoms with Gasteiger partial charge in [-0.3, -0.25) is 4.90 Å². The second-order valence-corrected chi connectivity index (χ2v) is 4.82. The number of carbonyl (C=O) groups excluding carboxylic acids is 1. The van der Waals surface area contributed by atoms with Crippen LogP contribution in [0.2, 0.25) is 0 Å². The summed E-state index contributed by atoms with van der Waals surface area (Å²) in [7, 11) is 1.69. The van der Waals surface area contributed by atoms with E-state index in [1.54, 1.807) is 14.0 Å². The molecule has 2 N–H and O–H groups in total. The Morgan fingerprint density at radius 1 is 1.53 bits per heavy atom. The highest BCUT2D eigenvalue weighted by Gasteiger charge is 2.27. The molecule has 1 fully saturated rings. The maximum atomic E-state index is 11.6. The Kier molecular flexibility index (Phi) is 5.71. The molecule has 0 aromatic carbocycles. The van der Waals surface area contributed by atoms with Gasteiger partial charge in [-0.2, -0.15) is 0 Å². The Hall–Kier alpha value is -0.810. The van der Waals surface area contributed by atoms with Crippen LogP contribution >= 0.6 is 0 Å². The average molecular weight is 243 g/mol. The molecule has 0 bridgehead atoms. The predicted octanol–water partition coefficient (Wildman–Crippen LogP) is 0.493. The van der Waals surface area contributed by atoms with Crippen LogP contribution in [0.3, 0.4) is 0 Å². The first kappa shape index (κ1) is 14.3. The number of urea groups is 1. The average Bonchev–Trinajstić information content (AvgIpc) is 3.07. The van der Waals surface area contributed by atoms with Gasteiger partial charge in [-0.05, 0) is 26.3 Å². The molecule has 1 unspecified atom stereocenters. The number of aliphatic hydroxyl groups excluding tert-OH is 1. The molecule has 100 valence electrons. The van der Waals surface area contributed by atoms with Crippen molar-refractivity contribution in [2.24, 2.45) is 0 Å². The summed E-state index contributed by atoms with van der Waals surface area (Å²) in [6, 6.07) is 0.629. The van der Waals surface area contributed by atoms with Gasteiger partial charge in [-0.1, -0.05) is 6.92 Å². The third-order valence-corrected chi connectivity index (χ3v) is 3.03. The second-order valence-electron chi connectivity index (χ2n) is 4.82. The fourth-order valence-corrected chi connectivity index (χ4v) is 1.96. The fourth-order valence-electron chi connectivity index (χ4n) is 1.96. The van der Waals surface area contributed by atoms with E-state index < -0.39 is 6.10 Å². The normalized spacial score (nSPS) is 17.0. The molecule has 1 aliphatic carbocycles. The number of nitrogens with one attached hydrogen (secondary N) is 1. The maximum absolute atomic E-state index is 11.6. The van der Waals surface area contributed by atoms with E-state index in [9.17, 15) is 9.90 Å². The SMILES string of the molecule is CCN(CCNC(=O)N(C)CC(C)O)C1CC1. The number of likely N-dealkylation sites (N-methyl/N-ethyl adjacent to an activating group) is 2. The van der Waals surface area contributed by atoms with Crippen molar-refractivity contribution in [2.75, 3.05) is 33.2 Å². The molecule has 0 radical (unpaired) electrons. The number of aliphatic hydroxyl groups is 1. The zero-order valence-corrected chi connectivity index (χ0v) is 11.1. The van der Waals surface area contributed by atoms with Crippen molar-refractivity contribution in [1.82, 2.24) is 15.1 Å².